The molecule has 1 aliphatic carbocycles. The van der Waals surface area contributed by atoms with Crippen molar-refractivity contribution in [2.45, 2.75) is 26.2 Å². The molecule has 1 aromatic carbocycles. The molecule has 6 heteroatoms. The number of carbonyl (C=O) groups is 2. The number of carbonyl (C=O) groups excluding carboxylic acids is 2. The van der Waals surface area contributed by atoms with Gasteiger partial charge in [0.2, 0.25) is 5.91 Å². The molecule has 0 spiro atoms. The SMILES string of the molecule is CC(=O)c1ccc(NC(=O)C2CCc3nn(C)c(=O)cc3C2)cc1. The lowest BCUT2D eigenvalue weighted by molar-refractivity contribution is -0.120. The topological polar surface area (TPSA) is 81.1 Å². The highest BCUT2D eigenvalue weighted by atomic mass is 16.2. The van der Waals surface area contributed by atoms with E-state index in [-0.39, 0.29) is 23.2 Å². The highest BCUT2D eigenvalue weighted by Crippen LogP contribution is 2.24. The molecule has 1 atom stereocenters. The summed E-state index contributed by atoms with van der Waals surface area (Å²) in [5.41, 5.74) is 2.87. The summed E-state index contributed by atoms with van der Waals surface area (Å²) in [6, 6.07) is 8.42. The fourth-order valence-electron chi connectivity index (χ4n) is 2.94. The Hall–Kier alpha value is -2.76. The predicted molar refractivity (Wildman–Crippen MR) is 90.1 cm³/mol. The number of fused-ring (bicyclic) bond motifs is 1. The number of aromatic nitrogens is 2. The highest BCUT2D eigenvalue weighted by molar-refractivity contribution is 5.96. The third-order valence-electron chi connectivity index (χ3n) is 4.38. The summed E-state index contributed by atoms with van der Waals surface area (Å²) < 4.78 is 1.33. The summed E-state index contributed by atoms with van der Waals surface area (Å²) in [5, 5.41) is 7.14. The van der Waals surface area contributed by atoms with Crippen LogP contribution in [0.5, 0.6) is 0 Å². The Morgan fingerprint density at radius 2 is 1.96 bits per heavy atom. The van der Waals surface area contributed by atoms with Crippen LogP contribution in [-0.4, -0.2) is 21.5 Å². The maximum absolute atomic E-state index is 12.5. The number of aryl methyl sites for hydroxylation is 2. The van der Waals surface area contributed by atoms with Crippen molar-refractivity contribution in [1.82, 2.24) is 9.78 Å². The number of amides is 1. The van der Waals surface area contributed by atoms with Gasteiger partial charge in [-0.25, -0.2) is 4.68 Å². The molecule has 1 unspecified atom stereocenters. The van der Waals surface area contributed by atoms with Crippen LogP contribution < -0.4 is 10.9 Å². The molecule has 1 aromatic heterocycles. The van der Waals surface area contributed by atoms with Crippen molar-refractivity contribution in [3.05, 3.63) is 57.5 Å². The molecule has 0 saturated carbocycles. The quantitative estimate of drug-likeness (QED) is 0.871. The third kappa shape index (κ3) is 3.27. The standard InChI is InChI=1S/C18H19N3O3/c1-11(22)12-3-6-15(7-4-12)19-18(24)13-5-8-16-14(9-13)10-17(23)21(2)20-16/h3-4,6-7,10,13H,5,8-9H2,1-2H3,(H,19,24). The van der Waals surface area contributed by atoms with E-state index in [1.807, 2.05) is 0 Å². The van der Waals surface area contributed by atoms with Gasteiger partial charge in [0.1, 0.15) is 0 Å². The van der Waals surface area contributed by atoms with E-state index in [9.17, 15) is 14.4 Å². The van der Waals surface area contributed by atoms with E-state index in [1.54, 1.807) is 37.4 Å². The molecule has 1 heterocycles. The van der Waals surface area contributed by atoms with Gasteiger partial charge < -0.3 is 5.32 Å². The highest BCUT2D eigenvalue weighted by Gasteiger charge is 2.26. The Morgan fingerprint density at radius 3 is 2.62 bits per heavy atom. The van der Waals surface area contributed by atoms with Crippen molar-refractivity contribution in [1.29, 1.82) is 0 Å². The normalized spacial score (nSPS) is 16.3. The van der Waals surface area contributed by atoms with Crippen LogP contribution in [0.1, 0.15) is 35.0 Å². The summed E-state index contributed by atoms with van der Waals surface area (Å²) in [5.74, 6) is -0.262. The van der Waals surface area contributed by atoms with Gasteiger partial charge in [0.25, 0.3) is 5.56 Å². The average Bonchev–Trinajstić information content (AvgIpc) is 2.56. The smallest absolute Gasteiger partial charge is 0.266 e. The number of nitrogens with one attached hydrogen (secondary N) is 1. The molecule has 6 nitrogen and oxygen atoms in total. The van der Waals surface area contributed by atoms with Crippen molar-refractivity contribution in [3.63, 3.8) is 0 Å². The first-order valence-electron chi connectivity index (χ1n) is 7.92. The lowest BCUT2D eigenvalue weighted by atomic mass is 9.86. The van der Waals surface area contributed by atoms with E-state index < -0.39 is 0 Å². The van der Waals surface area contributed by atoms with Crippen molar-refractivity contribution < 1.29 is 9.59 Å². The summed E-state index contributed by atoms with van der Waals surface area (Å²) >= 11 is 0. The molecule has 3 rings (SSSR count). The van der Waals surface area contributed by atoms with E-state index in [1.165, 1.54) is 11.6 Å². The number of rotatable bonds is 3. The summed E-state index contributed by atoms with van der Waals surface area (Å²) in [4.78, 5) is 35.5. The van der Waals surface area contributed by atoms with E-state index in [4.69, 9.17) is 0 Å². The van der Waals surface area contributed by atoms with Crippen LogP contribution in [0.4, 0.5) is 5.69 Å². The first kappa shape index (κ1) is 16.1. The second-order valence-corrected chi connectivity index (χ2v) is 6.14. The van der Waals surface area contributed by atoms with E-state index >= 15 is 0 Å². The zero-order valence-corrected chi connectivity index (χ0v) is 13.7. The molecule has 124 valence electrons. The zero-order valence-electron chi connectivity index (χ0n) is 13.7. The first-order valence-corrected chi connectivity index (χ1v) is 7.92. The van der Waals surface area contributed by atoms with Crippen LogP contribution in [-0.2, 0) is 24.7 Å². The number of nitrogens with zero attached hydrogens (tertiary/aromatic N) is 2. The van der Waals surface area contributed by atoms with Gasteiger partial charge in [-0.1, -0.05) is 0 Å². The van der Waals surface area contributed by atoms with Crippen LogP contribution in [0, 0.1) is 5.92 Å². The number of hydrogen-bond acceptors (Lipinski definition) is 4. The minimum atomic E-state index is -0.182. The molecule has 1 N–H and O–H groups in total. The number of benzene rings is 1. The lowest BCUT2D eigenvalue weighted by Crippen LogP contribution is -2.31. The largest absolute Gasteiger partial charge is 0.326 e. The molecular formula is C18H19N3O3. The van der Waals surface area contributed by atoms with Gasteiger partial charge in [0.15, 0.2) is 5.78 Å². The Morgan fingerprint density at radius 1 is 1.25 bits per heavy atom. The van der Waals surface area contributed by atoms with Gasteiger partial charge in [-0.05, 0) is 56.0 Å². The Bertz CT molecular complexity index is 853. The Labute approximate surface area is 139 Å². The molecule has 24 heavy (non-hydrogen) atoms. The minimum absolute atomic E-state index is 0.00848. The monoisotopic (exact) mass is 325 g/mol. The molecule has 2 aromatic rings. The van der Waals surface area contributed by atoms with Crippen molar-refractivity contribution in [3.8, 4) is 0 Å². The van der Waals surface area contributed by atoms with Gasteiger partial charge in [-0.3, -0.25) is 14.4 Å². The Balaban J connectivity index is 1.71. The van der Waals surface area contributed by atoms with E-state index in [0.29, 0.717) is 30.5 Å². The third-order valence-corrected chi connectivity index (χ3v) is 4.38. The molecule has 0 saturated heterocycles. The van der Waals surface area contributed by atoms with Gasteiger partial charge in [0, 0.05) is 30.3 Å². The predicted octanol–water partition coefficient (Wildman–Crippen LogP) is 1.73. The van der Waals surface area contributed by atoms with Crippen LogP contribution in [0.15, 0.2) is 35.1 Å². The Kier molecular flexibility index (Phi) is 4.29. The zero-order chi connectivity index (χ0) is 17.3. The second kappa shape index (κ2) is 6.39. The number of anilines is 1. The molecule has 0 bridgehead atoms. The average molecular weight is 325 g/mol. The molecule has 0 radical (unpaired) electrons. The first-order chi connectivity index (χ1) is 11.4. The van der Waals surface area contributed by atoms with Crippen LogP contribution in [0.3, 0.4) is 0 Å². The van der Waals surface area contributed by atoms with E-state index in [0.717, 1.165) is 11.3 Å². The molecular weight excluding hydrogens is 306 g/mol. The maximum atomic E-state index is 12.5. The van der Waals surface area contributed by atoms with Gasteiger partial charge in [-0.15, -0.1) is 0 Å². The van der Waals surface area contributed by atoms with Crippen molar-refractivity contribution >= 4 is 17.4 Å². The van der Waals surface area contributed by atoms with Crippen LogP contribution in [0.2, 0.25) is 0 Å². The minimum Gasteiger partial charge on any atom is -0.326 e. The van der Waals surface area contributed by atoms with Crippen LogP contribution >= 0.6 is 0 Å². The fourth-order valence-corrected chi connectivity index (χ4v) is 2.94. The molecule has 0 aliphatic heterocycles. The van der Waals surface area contributed by atoms with Crippen LogP contribution in [0.25, 0.3) is 0 Å². The summed E-state index contributed by atoms with van der Waals surface area (Å²) in [6.45, 7) is 1.51. The van der Waals surface area contributed by atoms with Gasteiger partial charge in [-0.2, -0.15) is 5.10 Å². The lowest BCUT2D eigenvalue weighted by Gasteiger charge is -2.23. The molecule has 1 aliphatic rings. The fraction of sp³-hybridized carbons (Fsp3) is 0.333. The summed E-state index contributed by atoms with van der Waals surface area (Å²) in [7, 11) is 1.63. The van der Waals surface area contributed by atoms with E-state index in [2.05, 4.69) is 10.4 Å². The van der Waals surface area contributed by atoms with Crippen molar-refractivity contribution in [2.24, 2.45) is 13.0 Å². The number of ketones is 1. The van der Waals surface area contributed by atoms with Gasteiger partial charge in [0.05, 0.1) is 5.69 Å². The van der Waals surface area contributed by atoms with Crippen molar-refractivity contribution in [2.75, 3.05) is 5.32 Å². The number of Topliss-reactive ketones (excluding diaryl/α,β-unsaturated/α-hetero) is 1. The second-order valence-electron chi connectivity index (χ2n) is 6.14. The molecule has 1 amide bonds. The summed E-state index contributed by atoms with van der Waals surface area (Å²) in [6.07, 6.45) is 1.91. The number of hydrogen-bond donors (Lipinski definition) is 1. The molecule has 0 fully saturated rings. The van der Waals surface area contributed by atoms with Gasteiger partial charge >= 0.3 is 0 Å². The maximum Gasteiger partial charge on any atom is 0.266 e.